The molecule has 8 nitrogen and oxygen atoms in total. The molecule has 1 saturated heterocycles. The third-order valence-electron chi connectivity index (χ3n) is 4.64. The van der Waals surface area contributed by atoms with Crippen LogP contribution in [-0.4, -0.2) is 67.2 Å². The SMILES string of the molecule is COc1cc(C2CN(B(C)O)CCS2)nc2c(-c3cnn(C)c3)cnn12. The molecule has 0 aliphatic carbocycles. The Labute approximate surface area is 156 Å². The van der Waals surface area contributed by atoms with Crippen molar-refractivity contribution in [1.29, 1.82) is 0 Å². The van der Waals surface area contributed by atoms with E-state index in [0.29, 0.717) is 5.88 Å². The van der Waals surface area contributed by atoms with E-state index in [1.54, 1.807) is 22.5 Å². The van der Waals surface area contributed by atoms with Crippen molar-refractivity contribution in [3.63, 3.8) is 0 Å². The highest BCUT2D eigenvalue weighted by atomic mass is 32.2. The molecule has 0 bridgehead atoms. The molecular formula is C16H21BN6O2S. The Kier molecular flexibility index (Phi) is 4.64. The van der Waals surface area contributed by atoms with Crippen LogP contribution in [-0.2, 0) is 7.05 Å². The number of thioether (sulfide) groups is 1. The number of fused-ring (bicyclic) bond motifs is 1. The molecule has 0 amide bonds. The molecule has 1 aliphatic heterocycles. The first-order valence-corrected chi connectivity index (χ1v) is 9.57. The zero-order valence-electron chi connectivity index (χ0n) is 15.0. The van der Waals surface area contributed by atoms with Crippen molar-refractivity contribution in [3.05, 3.63) is 30.4 Å². The lowest BCUT2D eigenvalue weighted by Gasteiger charge is -2.32. The Balaban J connectivity index is 1.78. The summed E-state index contributed by atoms with van der Waals surface area (Å²) in [7, 11) is 3.07. The van der Waals surface area contributed by atoms with E-state index in [4.69, 9.17) is 9.72 Å². The first-order chi connectivity index (χ1) is 12.6. The van der Waals surface area contributed by atoms with Gasteiger partial charge in [0.25, 0.3) is 0 Å². The smallest absolute Gasteiger partial charge is 0.376 e. The van der Waals surface area contributed by atoms with Gasteiger partial charge in [-0.2, -0.15) is 14.7 Å². The fourth-order valence-electron chi connectivity index (χ4n) is 3.21. The predicted octanol–water partition coefficient (Wildman–Crippen LogP) is 1.34. The van der Waals surface area contributed by atoms with Crippen LogP contribution in [0.3, 0.4) is 0 Å². The standard InChI is InChI=1S/C16H21BN6O2S/c1-17(24)22-4-5-26-14(10-22)13-6-15(25-3)23-16(20-13)12(8-19-23)11-7-18-21(2)9-11/h6-9,14,24H,4-5,10H2,1-3H3. The quantitative estimate of drug-likeness (QED) is 0.692. The van der Waals surface area contributed by atoms with E-state index < -0.39 is 7.05 Å². The number of aryl methyl sites for hydroxylation is 1. The normalized spacial score (nSPS) is 18.4. The van der Waals surface area contributed by atoms with Crippen LogP contribution in [0.1, 0.15) is 10.9 Å². The maximum absolute atomic E-state index is 9.92. The molecule has 136 valence electrons. The number of hydrogen-bond donors (Lipinski definition) is 1. The summed E-state index contributed by atoms with van der Waals surface area (Å²) in [5, 5.41) is 18.8. The lowest BCUT2D eigenvalue weighted by atomic mass is 9.84. The van der Waals surface area contributed by atoms with Crippen LogP contribution < -0.4 is 4.74 Å². The molecule has 0 spiro atoms. The van der Waals surface area contributed by atoms with Crippen LogP contribution in [0.25, 0.3) is 16.8 Å². The van der Waals surface area contributed by atoms with Crippen molar-refractivity contribution >= 4 is 24.5 Å². The van der Waals surface area contributed by atoms with Gasteiger partial charge in [0.2, 0.25) is 5.88 Å². The Hall–Kier alpha value is -2.04. The summed E-state index contributed by atoms with van der Waals surface area (Å²) in [6.07, 6.45) is 5.55. The average molecular weight is 372 g/mol. The fraction of sp³-hybridized carbons (Fsp3) is 0.438. The van der Waals surface area contributed by atoms with E-state index in [0.717, 1.165) is 41.3 Å². The Morgan fingerprint density at radius 1 is 1.35 bits per heavy atom. The average Bonchev–Trinajstić information content (AvgIpc) is 3.26. The summed E-state index contributed by atoms with van der Waals surface area (Å²) >= 11 is 1.86. The number of nitrogens with zero attached hydrogens (tertiary/aromatic N) is 6. The van der Waals surface area contributed by atoms with Crippen molar-refractivity contribution < 1.29 is 9.76 Å². The molecule has 4 rings (SSSR count). The fourth-order valence-corrected chi connectivity index (χ4v) is 4.43. The van der Waals surface area contributed by atoms with Crippen molar-refractivity contribution in [2.45, 2.75) is 12.1 Å². The monoisotopic (exact) mass is 372 g/mol. The molecule has 1 N–H and O–H groups in total. The van der Waals surface area contributed by atoms with Crippen LogP contribution in [0.2, 0.25) is 6.82 Å². The topological polar surface area (TPSA) is 80.7 Å². The number of ether oxygens (including phenoxy) is 1. The number of rotatable bonds is 4. The molecule has 10 heteroatoms. The minimum absolute atomic E-state index is 0.175. The maximum atomic E-state index is 9.92. The Morgan fingerprint density at radius 3 is 2.88 bits per heavy atom. The molecule has 1 fully saturated rings. The first-order valence-electron chi connectivity index (χ1n) is 8.52. The van der Waals surface area contributed by atoms with Gasteiger partial charge in [0.1, 0.15) is 0 Å². The van der Waals surface area contributed by atoms with Gasteiger partial charge >= 0.3 is 7.05 Å². The zero-order valence-corrected chi connectivity index (χ0v) is 15.8. The van der Waals surface area contributed by atoms with E-state index >= 15 is 0 Å². The van der Waals surface area contributed by atoms with Crippen molar-refractivity contribution in [3.8, 4) is 17.0 Å². The Bertz CT molecular complexity index is 927. The molecule has 3 aromatic rings. The third-order valence-corrected chi connectivity index (χ3v) is 5.85. The highest BCUT2D eigenvalue weighted by molar-refractivity contribution is 7.99. The van der Waals surface area contributed by atoms with E-state index in [9.17, 15) is 5.02 Å². The summed E-state index contributed by atoms with van der Waals surface area (Å²) in [5.74, 6) is 1.61. The van der Waals surface area contributed by atoms with Gasteiger partial charge in [-0.05, 0) is 13.4 Å². The highest BCUT2D eigenvalue weighted by Gasteiger charge is 2.28. The van der Waals surface area contributed by atoms with Crippen LogP contribution >= 0.6 is 11.8 Å². The molecule has 1 aliphatic rings. The summed E-state index contributed by atoms with van der Waals surface area (Å²) in [6.45, 7) is 3.44. The summed E-state index contributed by atoms with van der Waals surface area (Å²) in [5.41, 5.74) is 3.58. The van der Waals surface area contributed by atoms with Gasteiger partial charge in [-0.1, -0.05) is 0 Å². The van der Waals surface area contributed by atoms with Crippen LogP contribution in [0.4, 0.5) is 0 Å². The Morgan fingerprint density at radius 2 is 2.19 bits per heavy atom. The van der Waals surface area contributed by atoms with E-state index in [1.807, 2.05) is 44.1 Å². The number of aromatic nitrogens is 5. The van der Waals surface area contributed by atoms with E-state index in [-0.39, 0.29) is 5.25 Å². The summed E-state index contributed by atoms with van der Waals surface area (Å²) in [4.78, 5) is 6.97. The molecule has 1 unspecified atom stereocenters. The van der Waals surface area contributed by atoms with Gasteiger partial charge in [-0.15, -0.1) is 11.8 Å². The van der Waals surface area contributed by atoms with Gasteiger partial charge in [0.05, 0.1) is 30.4 Å². The second-order valence-electron chi connectivity index (χ2n) is 6.41. The second kappa shape index (κ2) is 6.94. The molecule has 4 heterocycles. The third kappa shape index (κ3) is 3.08. The molecule has 1 atom stereocenters. The van der Waals surface area contributed by atoms with Crippen LogP contribution in [0.15, 0.2) is 24.7 Å². The van der Waals surface area contributed by atoms with Gasteiger partial charge in [-0.3, -0.25) is 4.68 Å². The maximum Gasteiger partial charge on any atom is 0.376 e. The van der Waals surface area contributed by atoms with Crippen LogP contribution in [0, 0.1) is 0 Å². The molecular weight excluding hydrogens is 351 g/mol. The van der Waals surface area contributed by atoms with Crippen LogP contribution in [0.5, 0.6) is 5.88 Å². The molecule has 3 aromatic heterocycles. The minimum atomic E-state index is -0.454. The van der Waals surface area contributed by atoms with Crippen molar-refractivity contribution in [2.24, 2.45) is 7.05 Å². The largest absolute Gasteiger partial charge is 0.481 e. The van der Waals surface area contributed by atoms with Gasteiger partial charge in [0, 0.05) is 42.7 Å². The lowest BCUT2D eigenvalue weighted by Crippen LogP contribution is -2.43. The zero-order chi connectivity index (χ0) is 18.3. The van der Waals surface area contributed by atoms with E-state index in [2.05, 4.69) is 15.0 Å². The molecule has 0 radical (unpaired) electrons. The second-order valence-corrected chi connectivity index (χ2v) is 7.72. The van der Waals surface area contributed by atoms with Crippen molar-refractivity contribution in [1.82, 2.24) is 29.2 Å². The number of hydrogen-bond acceptors (Lipinski definition) is 7. The molecule has 0 aromatic carbocycles. The van der Waals surface area contributed by atoms with Crippen molar-refractivity contribution in [2.75, 3.05) is 26.0 Å². The highest BCUT2D eigenvalue weighted by Crippen LogP contribution is 2.35. The predicted molar refractivity (Wildman–Crippen MR) is 102 cm³/mol. The van der Waals surface area contributed by atoms with Gasteiger partial charge < -0.3 is 14.6 Å². The molecule has 0 saturated carbocycles. The van der Waals surface area contributed by atoms with Gasteiger partial charge in [-0.25, -0.2) is 4.98 Å². The minimum Gasteiger partial charge on any atom is -0.481 e. The molecule has 26 heavy (non-hydrogen) atoms. The summed E-state index contributed by atoms with van der Waals surface area (Å²) < 4.78 is 9.03. The summed E-state index contributed by atoms with van der Waals surface area (Å²) in [6, 6.07) is 1.94. The lowest BCUT2D eigenvalue weighted by molar-refractivity contribution is 0.369. The van der Waals surface area contributed by atoms with Gasteiger partial charge in [0.15, 0.2) is 5.65 Å². The van der Waals surface area contributed by atoms with E-state index in [1.165, 1.54) is 0 Å². The number of methoxy groups -OCH3 is 1. The first kappa shape index (κ1) is 17.4.